The van der Waals surface area contributed by atoms with Crippen molar-refractivity contribution in [2.75, 3.05) is 0 Å². The molecule has 0 aliphatic rings. The van der Waals surface area contributed by atoms with E-state index in [1.165, 1.54) is 24.3 Å². The summed E-state index contributed by atoms with van der Waals surface area (Å²) in [6.07, 6.45) is 0. The van der Waals surface area contributed by atoms with Crippen molar-refractivity contribution in [3.63, 3.8) is 0 Å². The third-order valence-corrected chi connectivity index (χ3v) is 3.22. The molecule has 0 amide bonds. The molecule has 1 aromatic heterocycles. The number of rotatable bonds is 3. The fourth-order valence-corrected chi connectivity index (χ4v) is 2.16. The molecule has 0 aliphatic heterocycles. The van der Waals surface area contributed by atoms with Gasteiger partial charge in [-0.2, -0.15) is 5.10 Å². The highest BCUT2D eigenvalue weighted by Gasteiger charge is 2.15. The van der Waals surface area contributed by atoms with Crippen molar-refractivity contribution in [3.8, 4) is 22.5 Å². The average Bonchev–Trinajstić information content (AvgIpc) is 2.97. The highest BCUT2D eigenvalue weighted by atomic mass is 19.1. The molecule has 22 heavy (non-hydrogen) atoms. The Labute approximate surface area is 124 Å². The Hall–Kier alpha value is -3.02. The normalized spacial score (nSPS) is 10.6. The van der Waals surface area contributed by atoms with Crippen LogP contribution in [0.1, 0.15) is 10.4 Å². The lowest BCUT2D eigenvalue weighted by atomic mass is 10.1. The first-order valence-corrected chi connectivity index (χ1v) is 6.40. The van der Waals surface area contributed by atoms with Gasteiger partial charge in [0.1, 0.15) is 11.6 Å². The number of aromatic amines is 1. The minimum atomic E-state index is -1.06. The monoisotopic (exact) mass is 300 g/mol. The predicted octanol–water partition coefficient (Wildman–Crippen LogP) is 3.72. The lowest BCUT2D eigenvalue weighted by molar-refractivity contribution is 0.0697. The molecule has 0 fully saturated rings. The summed E-state index contributed by atoms with van der Waals surface area (Å²) in [6, 6.07) is 11.2. The lowest BCUT2D eigenvalue weighted by Crippen LogP contribution is -1.95. The van der Waals surface area contributed by atoms with E-state index in [-0.39, 0.29) is 16.8 Å². The average molecular weight is 300 g/mol. The Bertz CT molecular complexity index is 839. The maximum atomic E-state index is 13.8. The zero-order chi connectivity index (χ0) is 15.7. The van der Waals surface area contributed by atoms with Gasteiger partial charge in [-0.3, -0.25) is 5.10 Å². The third-order valence-electron chi connectivity index (χ3n) is 3.22. The number of nitrogens with one attached hydrogen (secondary N) is 1. The maximum Gasteiger partial charge on any atom is 0.335 e. The zero-order valence-corrected chi connectivity index (χ0v) is 11.2. The van der Waals surface area contributed by atoms with Crippen molar-refractivity contribution < 1.29 is 18.7 Å². The molecule has 0 saturated heterocycles. The van der Waals surface area contributed by atoms with E-state index < -0.39 is 17.6 Å². The van der Waals surface area contributed by atoms with E-state index >= 15 is 0 Å². The van der Waals surface area contributed by atoms with Crippen LogP contribution in [-0.4, -0.2) is 21.3 Å². The lowest BCUT2D eigenvalue weighted by Gasteiger charge is -2.01. The first kappa shape index (κ1) is 13.9. The summed E-state index contributed by atoms with van der Waals surface area (Å²) in [6.45, 7) is 0. The summed E-state index contributed by atoms with van der Waals surface area (Å²) in [5.74, 6) is -2.46. The Morgan fingerprint density at radius 1 is 1.05 bits per heavy atom. The van der Waals surface area contributed by atoms with E-state index in [2.05, 4.69) is 10.2 Å². The van der Waals surface area contributed by atoms with Gasteiger partial charge in [-0.1, -0.05) is 18.2 Å². The van der Waals surface area contributed by atoms with Crippen LogP contribution in [0.5, 0.6) is 0 Å². The Morgan fingerprint density at radius 2 is 1.73 bits per heavy atom. The fraction of sp³-hybridized carbons (Fsp3) is 0. The smallest absolute Gasteiger partial charge is 0.335 e. The molecular weight excluding hydrogens is 290 g/mol. The van der Waals surface area contributed by atoms with Gasteiger partial charge in [0.15, 0.2) is 0 Å². The van der Waals surface area contributed by atoms with Crippen LogP contribution in [0, 0.1) is 11.6 Å². The van der Waals surface area contributed by atoms with Crippen molar-refractivity contribution in [2.24, 2.45) is 0 Å². The number of H-pyrrole nitrogens is 1. The van der Waals surface area contributed by atoms with E-state index in [1.807, 2.05) is 0 Å². The molecule has 2 N–H and O–H groups in total. The van der Waals surface area contributed by atoms with Gasteiger partial charge >= 0.3 is 5.97 Å². The molecule has 2 aromatic carbocycles. The number of carboxylic acids is 1. The molecule has 110 valence electrons. The van der Waals surface area contributed by atoms with Gasteiger partial charge in [0, 0.05) is 5.56 Å². The van der Waals surface area contributed by atoms with Crippen LogP contribution in [0.15, 0.2) is 48.5 Å². The van der Waals surface area contributed by atoms with Crippen molar-refractivity contribution in [2.45, 2.75) is 0 Å². The summed E-state index contributed by atoms with van der Waals surface area (Å²) in [5, 5.41) is 15.6. The largest absolute Gasteiger partial charge is 0.478 e. The molecule has 0 bridgehead atoms. The molecule has 3 rings (SSSR count). The summed E-state index contributed by atoms with van der Waals surface area (Å²) in [7, 11) is 0. The number of halogens is 2. The molecule has 0 unspecified atom stereocenters. The summed E-state index contributed by atoms with van der Waals surface area (Å²) in [4.78, 5) is 11.0. The van der Waals surface area contributed by atoms with Crippen LogP contribution in [0.25, 0.3) is 22.5 Å². The van der Waals surface area contributed by atoms with Crippen LogP contribution in [0.2, 0.25) is 0 Å². The number of aromatic nitrogens is 2. The first-order valence-electron chi connectivity index (χ1n) is 6.40. The number of benzene rings is 2. The maximum absolute atomic E-state index is 13.8. The molecule has 4 nitrogen and oxygen atoms in total. The number of hydrogen-bond acceptors (Lipinski definition) is 2. The van der Waals surface area contributed by atoms with Crippen LogP contribution in [-0.2, 0) is 0 Å². The van der Waals surface area contributed by atoms with E-state index in [4.69, 9.17) is 5.11 Å². The van der Waals surface area contributed by atoms with Gasteiger partial charge in [-0.25, -0.2) is 13.6 Å². The molecule has 0 aliphatic carbocycles. The number of aromatic carboxylic acids is 1. The minimum absolute atomic E-state index is 0.110. The predicted molar refractivity (Wildman–Crippen MR) is 76.3 cm³/mol. The van der Waals surface area contributed by atoms with Gasteiger partial charge in [-0.05, 0) is 30.3 Å². The molecule has 0 radical (unpaired) electrons. The Kier molecular flexibility index (Phi) is 3.42. The van der Waals surface area contributed by atoms with Gasteiger partial charge in [-0.15, -0.1) is 0 Å². The molecule has 3 aromatic rings. The van der Waals surface area contributed by atoms with Gasteiger partial charge in [0.05, 0.1) is 22.5 Å². The van der Waals surface area contributed by atoms with E-state index in [1.54, 1.807) is 12.1 Å². The molecule has 0 saturated carbocycles. The van der Waals surface area contributed by atoms with Crippen molar-refractivity contribution in [1.29, 1.82) is 0 Å². The molecule has 1 heterocycles. The molecule has 6 heteroatoms. The topological polar surface area (TPSA) is 66.0 Å². The standard InChI is InChI=1S/C16H10F2N2O2/c17-11-5-2-6-12(18)15(11)14-8-13(19-20-14)9-3-1-4-10(7-9)16(21)22/h1-8H,(H,19,20)(H,21,22). The zero-order valence-electron chi connectivity index (χ0n) is 11.2. The van der Waals surface area contributed by atoms with Crippen molar-refractivity contribution >= 4 is 5.97 Å². The van der Waals surface area contributed by atoms with Crippen LogP contribution in [0.3, 0.4) is 0 Å². The van der Waals surface area contributed by atoms with Crippen molar-refractivity contribution in [1.82, 2.24) is 10.2 Å². The summed E-state index contributed by atoms with van der Waals surface area (Å²) < 4.78 is 27.5. The number of hydrogen-bond donors (Lipinski definition) is 2. The van der Waals surface area contributed by atoms with E-state index in [0.717, 1.165) is 12.1 Å². The minimum Gasteiger partial charge on any atom is -0.478 e. The van der Waals surface area contributed by atoms with Gasteiger partial charge in [0.25, 0.3) is 0 Å². The fourth-order valence-electron chi connectivity index (χ4n) is 2.16. The van der Waals surface area contributed by atoms with Gasteiger partial charge < -0.3 is 5.11 Å². The van der Waals surface area contributed by atoms with Crippen molar-refractivity contribution in [3.05, 3.63) is 65.7 Å². The molecule has 0 atom stereocenters. The Balaban J connectivity index is 2.05. The van der Waals surface area contributed by atoms with Crippen LogP contribution < -0.4 is 0 Å². The Morgan fingerprint density at radius 3 is 2.41 bits per heavy atom. The highest BCUT2D eigenvalue weighted by Crippen LogP contribution is 2.28. The SMILES string of the molecule is O=C(O)c1cccc(-c2cc(-c3c(F)cccc3F)[nH]n2)c1. The van der Waals surface area contributed by atoms with Crippen LogP contribution >= 0.6 is 0 Å². The number of nitrogens with zero attached hydrogens (tertiary/aromatic N) is 1. The third kappa shape index (κ3) is 2.46. The van der Waals surface area contributed by atoms with E-state index in [9.17, 15) is 13.6 Å². The number of carboxylic acid groups (broad SMARTS) is 1. The van der Waals surface area contributed by atoms with E-state index in [0.29, 0.717) is 11.3 Å². The summed E-state index contributed by atoms with van der Waals surface area (Å²) >= 11 is 0. The summed E-state index contributed by atoms with van der Waals surface area (Å²) in [5.41, 5.74) is 1.04. The highest BCUT2D eigenvalue weighted by molar-refractivity contribution is 5.89. The van der Waals surface area contributed by atoms with Gasteiger partial charge in [0.2, 0.25) is 0 Å². The second-order valence-electron chi connectivity index (χ2n) is 4.65. The quantitative estimate of drug-likeness (QED) is 0.774. The second-order valence-corrected chi connectivity index (χ2v) is 4.65. The van der Waals surface area contributed by atoms with Crippen LogP contribution in [0.4, 0.5) is 8.78 Å². The molecule has 0 spiro atoms. The second kappa shape index (κ2) is 5.40. The molecular formula is C16H10F2N2O2. The number of carbonyl (C=O) groups is 1. The first-order chi connectivity index (χ1) is 10.6.